The Bertz CT molecular complexity index is 1750. The second-order valence-electron chi connectivity index (χ2n) is 11.7. The van der Waals surface area contributed by atoms with Crippen LogP contribution in [0.5, 0.6) is 0 Å². The molecule has 238 valence electrons. The third-order valence-electron chi connectivity index (χ3n) is 7.43. The average molecular weight is 664 g/mol. The number of aliphatic imine (C=N–C) groups is 1. The summed E-state index contributed by atoms with van der Waals surface area (Å²) in [5.41, 5.74) is -0.309. The number of fused-ring (bicyclic) bond motifs is 1. The fraction of sp³-hybridized carbons (Fsp3) is 0.367. The molecule has 0 aliphatic carbocycles. The number of H-pyrrole nitrogens is 1. The highest BCUT2D eigenvalue weighted by molar-refractivity contribution is 8.18. The number of rotatable bonds is 5. The van der Waals surface area contributed by atoms with E-state index in [2.05, 4.69) is 15.2 Å². The fourth-order valence-corrected chi connectivity index (χ4v) is 6.47. The molecule has 3 aromatic rings. The Morgan fingerprint density at radius 3 is 2.60 bits per heavy atom. The summed E-state index contributed by atoms with van der Waals surface area (Å²) in [5, 5.41) is 17.5. The van der Waals surface area contributed by atoms with Crippen molar-refractivity contribution >= 4 is 63.0 Å². The minimum absolute atomic E-state index is 0.00106. The number of nitrogens with zero attached hydrogens (tertiary/aromatic N) is 4. The molecule has 0 bridgehead atoms. The van der Waals surface area contributed by atoms with E-state index < -0.39 is 47.4 Å². The standard InChI is InChI=1S/C30H29ClF3N5O5S/c1-29(2,3)44-28(43)39-14-19(12-23(39)26(41)42)38(4)27-36-25(40)24(45-27)20(15-6-8-22-17(9-15)13-35-37-22)10-16-5-7-18(31)11-21(16)30(32,33)34/h5-9,11,13,19,23H,10,12,14H2,1-4H3,(H,35,37)(H,41,42). The number of hydrogen-bond donors (Lipinski definition) is 2. The molecule has 2 N–H and O–H groups in total. The molecule has 3 heterocycles. The number of aromatic nitrogens is 2. The lowest BCUT2D eigenvalue weighted by molar-refractivity contribution is -0.142. The summed E-state index contributed by atoms with van der Waals surface area (Å²) in [4.78, 5) is 45.4. The molecule has 5 rings (SSSR count). The van der Waals surface area contributed by atoms with Gasteiger partial charge in [-0.15, -0.1) is 0 Å². The number of halogens is 4. The quantitative estimate of drug-likeness (QED) is 0.308. The van der Waals surface area contributed by atoms with Crippen LogP contribution in [0.4, 0.5) is 18.0 Å². The maximum absolute atomic E-state index is 14.0. The van der Waals surface area contributed by atoms with Crippen molar-refractivity contribution in [1.82, 2.24) is 20.0 Å². The smallest absolute Gasteiger partial charge is 0.416 e. The molecule has 2 aromatic carbocycles. The summed E-state index contributed by atoms with van der Waals surface area (Å²) < 4.78 is 47.5. The van der Waals surface area contributed by atoms with Crippen LogP contribution in [0.25, 0.3) is 16.5 Å². The monoisotopic (exact) mass is 663 g/mol. The van der Waals surface area contributed by atoms with Gasteiger partial charge in [-0.3, -0.25) is 14.8 Å². The lowest BCUT2D eigenvalue weighted by atomic mass is 9.93. The molecule has 45 heavy (non-hydrogen) atoms. The zero-order chi connectivity index (χ0) is 32.8. The topological polar surface area (TPSA) is 128 Å². The number of carboxylic acids is 1. The lowest BCUT2D eigenvalue weighted by Gasteiger charge is -2.28. The van der Waals surface area contributed by atoms with Gasteiger partial charge in [0.05, 0.1) is 28.2 Å². The number of carbonyl (C=O) groups is 3. The van der Waals surface area contributed by atoms with Gasteiger partial charge in [0.2, 0.25) is 0 Å². The van der Waals surface area contributed by atoms with E-state index in [-0.39, 0.29) is 40.0 Å². The van der Waals surface area contributed by atoms with E-state index in [1.807, 2.05) is 0 Å². The first-order valence-electron chi connectivity index (χ1n) is 13.8. The predicted octanol–water partition coefficient (Wildman–Crippen LogP) is 6.21. The highest BCUT2D eigenvalue weighted by Gasteiger charge is 2.44. The summed E-state index contributed by atoms with van der Waals surface area (Å²) in [6.45, 7) is 5.02. The normalized spacial score (nSPS) is 20.0. The molecular formula is C30H29ClF3N5O5S. The van der Waals surface area contributed by atoms with Crippen LogP contribution in [0.3, 0.4) is 0 Å². The number of carboxylic acid groups (broad SMARTS) is 1. The number of thioether (sulfide) groups is 1. The minimum Gasteiger partial charge on any atom is -0.480 e. The van der Waals surface area contributed by atoms with E-state index >= 15 is 0 Å². The van der Waals surface area contributed by atoms with Gasteiger partial charge in [0.25, 0.3) is 5.91 Å². The van der Waals surface area contributed by atoms with Gasteiger partial charge in [-0.25, -0.2) is 9.59 Å². The van der Waals surface area contributed by atoms with E-state index in [1.54, 1.807) is 57.1 Å². The van der Waals surface area contributed by atoms with Crippen LogP contribution in [-0.4, -0.2) is 79.5 Å². The number of alkyl halides is 3. The first-order valence-corrected chi connectivity index (χ1v) is 15.0. The van der Waals surface area contributed by atoms with E-state index in [0.29, 0.717) is 22.0 Å². The summed E-state index contributed by atoms with van der Waals surface area (Å²) in [7, 11) is 1.63. The van der Waals surface area contributed by atoms with Gasteiger partial charge in [-0.2, -0.15) is 23.3 Å². The number of ether oxygens (including phenoxy) is 1. The van der Waals surface area contributed by atoms with Gasteiger partial charge in [-0.1, -0.05) is 23.7 Å². The van der Waals surface area contributed by atoms with E-state index in [9.17, 15) is 32.7 Å². The molecule has 2 amide bonds. The summed E-state index contributed by atoms with van der Waals surface area (Å²) >= 11 is 6.90. The Morgan fingerprint density at radius 1 is 1.20 bits per heavy atom. The summed E-state index contributed by atoms with van der Waals surface area (Å²) in [5.74, 6) is -1.85. The van der Waals surface area contributed by atoms with Gasteiger partial charge >= 0.3 is 18.2 Å². The van der Waals surface area contributed by atoms with Crippen molar-refractivity contribution in [2.75, 3.05) is 13.6 Å². The molecule has 1 saturated heterocycles. The summed E-state index contributed by atoms with van der Waals surface area (Å²) in [6.07, 6.45) is -4.11. The number of allylic oxidation sites excluding steroid dienone is 1. The van der Waals surface area contributed by atoms with Crippen LogP contribution in [0.1, 0.15) is 43.9 Å². The van der Waals surface area contributed by atoms with Crippen molar-refractivity contribution in [3.05, 3.63) is 69.2 Å². The number of aromatic amines is 1. The van der Waals surface area contributed by atoms with Gasteiger partial charge < -0.3 is 14.7 Å². The molecule has 1 aromatic heterocycles. The van der Waals surface area contributed by atoms with Crippen LogP contribution in [0, 0.1) is 0 Å². The molecule has 0 radical (unpaired) electrons. The molecule has 2 atom stereocenters. The van der Waals surface area contributed by atoms with Crippen LogP contribution in [-0.2, 0) is 26.9 Å². The second-order valence-corrected chi connectivity index (χ2v) is 13.2. The van der Waals surface area contributed by atoms with Gasteiger partial charge in [0.1, 0.15) is 11.6 Å². The van der Waals surface area contributed by atoms with Crippen LogP contribution < -0.4 is 0 Å². The summed E-state index contributed by atoms with van der Waals surface area (Å²) in [6, 6.07) is 6.95. The zero-order valence-corrected chi connectivity index (χ0v) is 26.2. The Labute approximate surface area is 265 Å². The van der Waals surface area contributed by atoms with Crippen molar-refractivity contribution in [3.8, 4) is 0 Å². The fourth-order valence-electron chi connectivity index (χ4n) is 5.24. The molecule has 2 aliphatic rings. The third kappa shape index (κ3) is 6.96. The van der Waals surface area contributed by atoms with E-state index in [0.717, 1.165) is 22.7 Å². The van der Waals surface area contributed by atoms with Crippen molar-refractivity contribution in [3.63, 3.8) is 0 Å². The first-order chi connectivity index (χ1) is 21.0. The van der Waals surface area contributed by atoms with Crippen molar-refractivity contribution in [2.24, 2.45) is 4.99 Å². The van der Waals surface area contributed by atoms with Gasteiger partial charge in [0, 0.05) is 30.4 Å². The predicted molar refractivity (Wildman–Crippen MR) is 164 cm³/mol. The van der Waals surface area contributed by atoms with Crippen molar-refractivity contribution in [1.29, 1.82) is 0 Å². The van der Waals surface area contributed by atoms with Gasteiger partial charge in [-0.05, 0) is 79.9 Å². The van der Waals surface area contributed by atoms with Crippen molar-refractivity contribution in [2.45, 2.75) is 57.5 Å². The highest BCUT2D eigenvalue weighted by Crippen LogP contribution is 2.41. The van der Waals surface area contributed by atoms with Crippen molar-refractivity contribution < 1.29 is 37.4 Å². The molecule has 2 aliphatic heterocycles. The molecule has 10 nitrogen and oxygen atoms in total. The Hall–Kier alpha value is -4.04. The largest absolute Gasteiger partial charge is 0.480 e. The number of benzene rings is 2. The maximum atomic E-state index is 14.0. The molecular weight excluding hydrogens is 635 g/mol. The highest BCUT2D eigenvalue weighted by atomic mass is 35.5. The number of amides is 2. The van der Waals surface area contributed by atoms with Gasteiger partial charge in [0.15, 0.2) is 5.17 Å². The molecule has 15 heteroatoms. The van der Waals surface area contributed by atoms with Crippen LogP contribution in [0.15, 0.2) is 52.5 Å². The lowest BCUT2D eigenvalue weighted by Crippen LogP contribution is -2.44. The first kappa shape index (κ1) is 32.4. The van der Waals surface area contributed by atoms with E-state index in [4.69, 9.17) is 16.3 Å². The van der Waals surface area contributed by atoms with Crippen LogP contribution >= 0.6 is 23.4 Å². The number of aliphatic carboxylic acids is 1. The molecule has 2 unspecified atom stereocenters. The Morgan fingerprint density at radius 2 is 1.93 bits per heavy atom. The minimum atomic E-state index is -4.69. The number of amidine groups is 1. The number of likely N-dealkylation sites (tertiary alicyclic amines) is 1. The Kier molecular flexibility index (Phi) is 8.66. The molecule has 0 spiro atoms. The molecule has 0 saturated carbocycles. The van der Waals surface area contributed by atoms with Crippen LogP contribution in [0.2, 0.25) is 5.02 Å². The molecule has 1 fully saturated rings. The second kappa shape index (κ2) is 12.0. The Balaban J connectivity index is 1.49. The number of hydrogen-bond acceptors (Lipinski definition) is 7. The number of nitrogens with one attached hydrogen (secondary N) is 1. The number of likely N-dealkylation sites (N-methyl/N-ethyl adjacent to an activating group) is 1. The average Bonchev–Trinajstić information content (AvgIpc) is 3.68. The number of carbonyl (C=O) groups excluding carboxylic acids is 2. The SMILES string of the molecule is CN(C1=NC(=O)C(=C(Cc2ccc(Cl)cc2C(F)(F)F)c2ccc3[nH]ncc3c2)S1)C1CC(C(=O)O)N(C(=O)OC(C)(C)C)C1. The van der Waals surface area contributed by atoms with E-state index in [1.165, 1.54) is 12.1 Å². The zero-order valence-electron chi connectivity index (χ0n) is 24.6. The maximum Gasteiger partial charge on any atom is 0.416 e. The third-order valence-corrected chi connectivity index (χ3v) is 8.86.